The third-order valence-electron chi connectivity index (χ3n) is 10.3. The van der Waals surface area contributed by atoms with Crippen LogP contribution in [0.4, 0.5) is 0 Å². The fraction of sp³-hybridized carbons (Fsp3) is 0.576. The van der Waals surface area contributed by atoms with Crippen molar-refractivity contribution in [2.24, 2.45) is 29.1 Å². The van der Waals surface area contributed by atoms with E-state index >= 15 is 0 Å². The van der Waals surface area contributed by atoms with Crippen molar-refractivity contribution in [3.05, 3.63) is 73.3 Å². The van der Waals surface area contributed by atoms with Gasteiger partial charge in [0.1, 0.15) is 0 Å². The molecule has 3 aliphatic carbocycles. The first kappa shape index (κ1) is 25.9. The van der Waals surface area contributed by atoms with Crippen LogP contribution in [0, 0.1) is 29.1 Å². The third kappa shape index (κ3) is 4.25. The van der Waals surface area contributed by atoms with Crippen LogP contribution in [0.3, 0.4) is 0 Å². The molecule has 2 aromatic rings. The second-order valence-corrected chi connectivity index (χ2v) is 17.4. The Kier molecular flexibility index (Phi) is 7.13. The van der Waals surface area contributed by atoms with E-state index in [1.165, 1.54) is 36.1 Å². The maximum Gasteiger partial charge on any atom is 0.261 e. The van der Waals surface area contributed by atoms with Gasteiger partial charge in [-0.05, 0) is 89.4 Å². The smallest absolute Gasteiger partial charge is 0.261 e. The zero-order chi connectivity index (χ0) is 25.6. The summed E-state index contributed by atoms with van der Waals surface area (Å²) in [5.41, 5.74) is 0.301. The molecule has 2 nitrogen and oxygen atoms in total. The maximum atomic E-state index is 11.7. The number of hydrogen-bond acceptors (Lipinski definition) is 2. The highest BCUT2D eigenvalue weighted by Gasteiger charge is 2.61. The summed E-state index contributed by atoms with van der Waals surface area (Å²) in [5.74, 6) is 1.71. The van der Waals surface area contributed by atoms with Gasteiger partial charge in [-0.25, -0.2) is 0 Å². The second-order valence-electron chi connectivity index (χ2n) is 13.2. The molecule has 5 rings (SSSR count). The predicted octanol–water partition coefficient (Wildman–Crippen LogP) is 6.72. The van der Waals surface area contributed by atoms with E-state index in [4.69, 9.17) is 4.43 Å². The van der Waals surface area contributed by atoms with Gasteiger partial charge in [-0.3, -0.25) is 0 Å². The van der Waals surface area contributed by atoms with Gasteiger partial charge in [-0.1, -0.05) is 94.4 Å². The molecule has 0 aliphatic heterocycles. The van der Waals surface area contributed by atoms with Gasteiger partial charge in [0.05, 0.1) is 6.10 Å². The molecule has 0 amide bonds. The van der Waals surface area contributed by atoms with Crippen molar-refractivity contribution >= 4 is 18.7 Å². The second kappa shape index (κ2) is 9.89. The lowest BCUT2D eigenvalue weighted by Gasteiger charge is -2.54. The molecule has 194 valence electrons. The lowest BCUT2D eigenvalue weighted by Crippen LogP contribution is -2.68. The van der Waals surface area contributed by atoms with E-state index in [1.54, 1.807) is 0 Å². The molecule has 0 radical (unpaired) electrons. The Balaban J connectivity index is 1.62. The molecule has 3 saturated carbocycles. The lowest BCUT2D eigenvalue weighted by molar-refractivity contribution is -0.0945. The maximum absolute atomic E-state index is 11.7. The van der Waals surface area contributed by atoms with E-state index in [1.807, 2.05) is 0 Å². The van der Waals surface area contributed by atoms with Gasteiger partial charge < -0.3 is 9.53 Å². The number of rotatable bonds is 5. The van der Waals surface area contributed by atoms with Crippen molar-refractivity contribution in [2.45, 2.75) is 89.9 Å². The summed E-state index contributed by atoms with van der Waals surface area (Å²) in [4.78, 5) is 0. The predicted molar refractivity (Wildman–Crippen MR) is 153 cm³/mol. The molecule has 36 heavy (non-hydrogen) atoms. The van der Waals surface area contributed by atoms with Gasteiger partial charge in [0, 0.05) is 6.10 Å². The standard InChI is InChI=1S/C33H46O2Si/c1-6-25-18-21-33-20-17-24(2)30(28(34)23-25)31(33)29(19-22-33)35-36(32(3,4)5,26-13-9-7-10-14-26)27-15-11-8-12-16-27/h6-16,24-25,28-31,34H,1,17-23H2,2-5H3/t24-,25-,28+,29+,30+,31+,33-/m1/s1. The largest absolute Gasteiger partial charge is 0.404 e. The number of allylic oxidation sites excluding steroid dienone is 1. The minimum absolute atomic E-state index is 0.0274. The van der Waals surface area contributed by atoms with E-state index in [-0.39, 0.29) is 17.2 Å². The highest BCUT2D eigenvalue weighted by Crippen LogP contribution is 2.62. The highest BCUT2D eigenvalue weighted by molar-refractivity contribution is 6.99. The van der Waals surface area contributed by atoms with Gasteiger partial charge >= 0.3 is 0 Å². The average molecular weight is 503 g/mol. The quantitative estimate of drug-likeness (QED) is 0.363. The summed E-state index contributed by atoms with van der Waals surface area (Å²) in [6.45, 7) is 13.7. The molecule has 0 aromatic heterocycles. The lowest BCUT2D eigenvalue weighted by atomic mass is 9.54. The summed E-state index contributed by atoms with van der Waals surface area (Å²) in [6, 6.07) is 22.2. The van der Waals surface area contributed by atoms with Crippen LogP contribution >= 0.6 is 0 Å². The fourth-order valence-corrected chi connectivity index (χ4v) is 13.3. The molecular weight excluding hydrogens is 456 g/mol. The van der Waals surface area contributed by atoms with Gasteiger partial charge in [0.2, 0.25) is 0 Å². The van der Waals surface area contributed by atoms with Crippen LogP contribution in [-0.4, -0.2) is 25.6 Å². The van der Waals surface area contributed by atoms with E-state index in [2.05, 4.69) is 101 Å². The van der Waals surface area contributed by atoms with Crippen molar-refractivity contribution in [1.29, 1.82) is 0 Å². The molecule has 2 bridgehead atoms. The number of hydrogen-bond donors (Lipinski definition) is 1. The molecule has 3 fully saturated rings. The molecular formula is C33H46O2Si. The van der Waals surface area contributed by atoms with Crippen LogP contribution in [0.1, 0.15) is 72.6 Å². The SMILES string of the molecule is C=C[C@@H]1CC[C@@]23CC[C@@H](C)[C@H]([C@@H]2[C@@H](O[Si](c2ccccc2)(c2ccccc2)C(C)(C)C)CC3)[C@@H](O)C1. The van der Waals surface area contributed by atoms with E-state index in [9.17, 15) is 5.11 Å². The van der Waals surface area contributed by atoms with Crippen LogP contribution in [0.5, 0.6) is 0 Å². The number of benzene rings is 2. The van der Waals surface area contributed by atoms with Crippen molar-refractivity contribution in [3.63, 3.8) is 0 Å². The Labute approximate surface area is 220 Å². The zero-order valence-corrected chi connectivity index (χ0v) is 23.8. The Hall–Kier alpha value is -1.68. The minimum Gasteiger partial charge on any atom is -0.404 e. The number of aliphatic hydroxyl groups excluding tert-OH is 1. The van der Waals surface area contributed by atoms with Crippen molar-refractivity contribution in [2.75, 3.05) is 0 Å². The summed E-state index contributed by atoms with van der Waals surface area (Å²) < 4.78 is 7.79. The molecule has 0 unspecified atom stereocenters. The van der Waals surface area contributed by atoms with Gasteiger partial charge in [0.15, 0.2) is 0 Å². The minimum atomic E-state index is -2.63. The van der Waals surface area contributed by atoms with Crippen LogP contribution in [0.25, 0.3) is 0 Å². The molecule has 3 heteroatoms. The molecule has 1 N–H and O–H groups in total. The van der Waals surface area contributed by atoms with Crippen LogP contribution in [0.15, 0.2) is 73.3 Å². The fourth-order valence-electron chi connectivity index (χ4n) is 8.54. The Morgan fingerprint density at radius 1 is 0.917 bits per heavy atom. The Morgan fingerprint density at radius 3 is 2.03 bits per heavy atom. The van der Waals surface area contributed by atoms with E-state index in [0.29, 0.717) is 29.1 Å². The molecule has 0 spiro atoms. The molecule has 0 saturated heterocycles. The van der Waals surface area contributed by atoms with Crippen LogP contribution in [-0.2, 0) is 4.43 Å². The summed E-state index contributed by atoms with van der Waals surface area (Å²) in [5, 5.41) is 14.4. The van der Waals surface area contributed by atoms with Crippen LogP contribution in [0.2, 0.25) is 5.04 Å². The van der Waals surface area contributed by atoms with Gasteiger partial charge in [-0.2, -0.15) is 0 Å². The topological polar surface area (TPSA) is 29.5 Å². The van der Waals surface area contributed by atoms with Gasteiger partial charge in [-0.15, -0.1) is 6.58 Å². The van der Waals surface area contributed by atoms with Crippen molar-refractivity contribution in [3.8, 4) is 0 Å². The first-order valence-corrected chi connectivity index (χ1v) is 16.2. The number of aliphatic hydroxyl groups is 1. The zero-order valence-electron chi connectivity index (χ0n) is 22.8. The molecule has 0 heterocycles. The first-order valence-electron chi connectivity index (χ1n) is 14.3. The highest BCUT2D eigenvalue weighted by atomic mass is 28.4. The molecule has 7 atom stereocenters. The first-order chi connectivity index (χ1) is 17.2. The van der Waals surface area contributed by atoms with Gasteiger partial charge in [0.25, 0.3) is 8.32 Å². The summed E-state index contributed by atoms with van der Waals surface area (Å²) in [7, 11) is -2.63. The average Bonchev–Trinajstić information content (AvgIpc) is 3.22. The summed E-state index contributed by atoms with van der Waals surface area (Å²) >= 11 is 0. The van der Waals surface area contributed by atoms with E-state index < -0.39 is 8.32 Å². The van der Waals surface area contributed by atoms with E-state index in [0.717, 1.165) is 19.3 Å². The Bertz CT molecular complexity index is 989. The third-order valence-corrected chi connectivity index (χ3v) is 15.3. The van der Waals surface area contributed by atoms with Crippen molar-refractivity contribution < 1.29 is 9.53 Å². The Morgan fingerprint density at radius 2 is 1.47 bits per heavy atom. The van der Waals surface area contributed by atoms with Crippen LogP contribution < -0.4 is 10.4 Å². The summed E-state index contributed by atoms with van der Waals surface area (Å²) in [6.07, 6.45) is 10.2. The van der Waals surface area contributed by atoms with Crippen molar-refractivity contribution in [1.82, 2.24) is 0 Å². The molecule has 2 aromatic carbocycles. The normalized spacial score (nSPS) is 34.9. The monoisotopic (exact) mass is 502 g/mol. The molecule has 3 aliphatic rings.